The highest BCUT2D eigenvalue weighted by Crippen LogP contribution is 2.11. The van der Waals surface area contributed by atoms with Gasteiger partial charge in [-0.2, -0.15) is 0 Å². The van der Waals surface area contributed by atoms with E-state index in [2.05, 4.69) is 16.4 Å². The highest BCUT2D eigenvalue weighted by atomic mass is 35.5. The van der Waals surface area contributed by atoms with Gasteiger partial charge in [-0.05, 0) is 30.5 Å². The van der Waals surface area contributed by atoms with E-state index in [1.54, 1.807) is 23.5 Å². The first-order valence-electron chi connectivity index (χ1n) is 5.60. The molecule has 3 nitrogen and oxygen atoms in total. The number of carbonyl (C=O) groups excluding carboxylic acids is 1. The molecule has 2 aromatic rings. The third kappa shape index (κ3) is 3.55. The Kier molecular flexibility index (Phi) is 4.33. The molecule has 2 rings (SSSR count). The fraction of sp³-hybridized carbons (Fsp3) is 0.231. The molecule has 0 aliphatic heterocycles. The molecule has 2 heterocycles. The van der Waals surface area contributed by atoms with Crippen molar-refractivity contribution in [1.82, 2.24) is 10.3 Å². The van der Waals surface area contributed by atoms with E-state index in [-0.39, 0.29) is 11.9 Å². The Morgan fingerprint density at radius 1 is 1.50 bits per heavy atom. The van der Waals surface area contributed by atoms with Crippen LogP contribution in [0.3, 0.4) is 0 Å². The Morgan fingerprint density at radius 2 is 2.33 bits per heavy atom. The van der Waals surface area contributed by atoms with Crippen molar-refractivity contribution >= 4 is 28.8 Å². The Morgan fingerprint density at radius 3 is 2.94 bits per heavy atom. The number of nitrogens with one attached hydrogen (secondary N) is 1. The lowest BCUT2D eigenvalue weighted by Crippen LogP contribution is -2.33. The maximum atomic E-state index is 11.9. The number of aromatic nitrogens is 1. The summed E-state index contributed by atoms with van der Waals surface area (Å²) >= 11 is 7.37. The van der Waals surface area contributed by atoms with Crippen LogP contribution in [0.15, 0.2) is 35.8 Å². The molecule has 94 valence electrons. The molecule has 1 atom stereocenters. The Labute approximate surface area is 115 Å². The molecule has 1 unspecified atom stereocenters. The molecule has 0 aromatic carbocycles. The maximum absolute atomic E-state index is 11.9. The summed E-state index contributed by atoms with van der Waals surface area (Å²) in [6, 6.07) is 7.45. The second kappa shape index (κ2) is 5.98. The van der Waals surface area contributed by atoms with E-state index in [9.17, 15) is 4.79 Å². The highest BCUT2D eigenvalue weighted by Gasteiger charge is 2.10. The molecule has 0 saturated carbocycles. The van der Waals surface area contributed by atoms with E-state index in [0.717, 1.165) is 6.42 Å². The first kappa shape index (κ1) is 13.1. The average molecular weight is 281 g/mol. The van der Waals surface area contributed by atoms with Crippen LogP contribution in [-0.4, -0.2) is 16.9 Å². The fourth-order valence-corrected chi connectivity index (χ4v) is 2.55. The average Bonchev–Trinajstić information content (AvgIpc) is 2.82. The number of halogens is 1. The summed E-state index contributed by atoms with van der Waals surface area (Å²) in [7, 11) is 0. The van der Waals surface area contributed by atoms with E-state index in [1.807, 2.05) is 18.4 Å². The van der Waals surface area contributed by atoms with Crippen molar-refractivity contribution in [3.05, 3.63) is 51.4 Å². The second-order valence-electron chi connectivity index (χ2n) is 4.03. The zero-order valence-electron chi connectivity index (χ0n) is 9.89. The van der Waals surface area contributed by atoms with Crippen LogP contribution in [0.25, 0.3) is 0 Å². The third-order valence-electron chi connectivity index (χ3n) is 2.45. The zero-order valence-corrected chi connectivity index (χ0v) is 11.5. The summed E-state index contributed by atoms with van der Waals surface area (Å²) in [4.78, 5) is 17.1. The Balaban J connectivity index is 1.92. The van der Waals surface area contributed by atoms with Crippen LogP contribution in [0.1, 0.15) is 22.2 Å². The van der Waals surface area contributed by atoms with Crippen molar-refractivity contribution in [3.63, 3.8) is 0 Å². The molecule has 0 radical (unpaired) electrons. The van der Waals surface area contributed by atoms with Crippen LogP contribution >= 0.6 is 22.9 Å². The summed E-state index contributed by atoms with van der Waals surface area (Å²) < 4.78 is 0. The summed E-state index contributed by atoms with van der Waals surface area (Å²) in [5, 5.41) is 5.36. The van der Waals surface area contributed by atoms with Gasteiger partial charge < -0.3 is 5.32 Å². The summed E-state index contributed by atoms with van der Waals surface area (Å²) in [6.45, 7) is 1.99. The fourth-order valence-electron chi connectivity index (χ4n) is 1.60. The van der Waals surface area contributed by atoms with Crippen molar-refractivity contribution in [1.29, 1.82) is 0 Å². The molecule has 0 spiro atoms. The number of amides is 1. The van der Waals surface area contributed by atoms with Crippen molar-refractivity contribution in [2.24, 2.45) is 0 Å². The Bertz CT molecular complexity index is 510. The molecule has 0 aliphatic rings. The predicted molar refractivity (Wildman–Crippen MR) is 74.2 cm³/mol. The van der Waals surface area contributed by atoms with Gasteiger partial charge in [0.25, 0.3) is 5.91 Å². The number of nitrogens with zero attached hydrogens (tertiary/aromatic N) is 1. The van der Waals surface area contributed by atoms with E-state index in [1.165, 1.54) is 11.1 Å². The predicted octanol–water partition coefficient (Wildman–Crippen LogP) is 3.16. The van der Waals surface area contributed by atoms with E-state index < -0.39 is 0 Å². The van der Waals surface area contributed by atoms with Gasteiger partial charge in [0.2, 0.25) is 0 Å². The summed E-state index contributed by atoms with van der Waals surface area (Å²) in [6.07, 6.45) is 2.32. The van der Waals surface area contributed by atoms with Crippen molar-refractivity contribution in [3.8, 4) is 0 Å². The van der Waals surface area contributed by atoms with Gasteiger partial charge in [-0.1, -0.05) is 17.7 Å². The number of pyridine rings is 1. The van der Waals surface area contributed by atoms with Gasteiger partial charge in [0.1, 0.15) is 5.15 Å². The number of rotatable bonds is 4. The summed E-state index contributed by atoms with van der Waals surface area (Å²) in [5.74, 6) is -0.122. The second-order valence-corrected chi connectivity index (χ2v) is 5.45. The van der Waals surface area contributed by atoms with Gasteiger partial charge in [-0.15, -0.1) is 11.3 Å². The third-order valence-corrected chi connectivity index (χ3v) is 3.58. The van der Waals surface area contributed by atoms with E-state index in [4.69, 9.17) is 11.6 Å². The monoisotopic (exact) mass is 280 g/mol. The highest BCUT2D eigenvalue weighted by molar-refractivity contribution is 7.09. The van der Waals surface area contributed by atoms with Crippen molar-refractivity contribution in [2.45, 2.75) is 19.4 Å². The molecule has 0 bridgehead atoms. The molecule has 18 heavy (non-hydrogen) atoms. The van der Waals surface area contributed by atoms with Crippen LogP contribution in [0, 0.1) is 0 Å². The van der Waals surface area contributed by atoms with E-state index in [0.29, 0.717) is 10.7 Å². The lowest BCUT2D eigenvalue weighted by atomic mass is 10.2. The van der Waals surface area contributed by atoms with Gasteiger partial charge in [0.05, 0.1) is 5.56 Å². The van der Waals surface area contributed by atoms with Gasteiger partial charge >= 0.3 is 0 Å². The van der Waals surface area contributed by atoms with Crippen LogP contribution < -0.4 is 5.32 Å². The SMILES string of the molecule is CC(Cc1cccs1)NC(=O)c1ccc(Cl)nc1. The van der Waals surface area contributed by atoms with Crippen LogP contribution in [0.5, 0.6) is 0 Å². The molecule has 1 N–H and O–H groups in total. The van der Waals surface area contributed by atoms with Gasteiger partial charge in [0.15, 0.2) is 0 Å². The molecule has 5 heteroatoms. The Hall–Kier alpha value is -1.39. The molecule has 1 amide bonds. The molecule has 0 aliphatic carbocycles. The molecule has 0 fully saturated rings. The number of thiophene rings is 1. The quantitative estimate of drug-likeness (QED) is 0.874. The van der Waals surface area contributed by atoms with Crippen LogP contribution in [0.2, 0.25) is 5.15 Å². The molecular formula is C13H13ClN2OS. The lowest BCUT2D eigenvalue weighted by molar-refractivity contribution is 0.0940. The molecule has 0 saturated heterocycles. The minimum Gasteiger partial charge on any atom is -0.349 e. The minimum absolute atomic E-state index is 0.0897. The number of hydrogen-bond donors (Lipinski definition) is 1. The standard InChI is InChI=1S/C13H13ClN2OS/c1-9(7-11-3-2-6-18-11)16-13(17)10-4-5-12(14)15-8-10/h2-6,8-9H,7H2,1H3,(H,16,17). The number of hydrogen-bond acceptors (Lipinski definition) is 3. The van der Waals surface area contributed by atoms with Crippen LogP contribution in [0.4, 0.5) is 0 Å². The maximum Gasteiger partial charge on any atom is 0.253 e. The van der Waals surface area contributed by atoms with Gasteiger partial charge in [-0.25, -0.2) is 4.98 Å². The minimum atomic E-state index is -0.122. The molecule has 2 aromatic heterocycles. The van der Waals surface area contributed by atoms with Crippen molar-refractivity contribution < 1.29 is 4.79 Å². The smallest absolute Gasteiger partial charge is 0.253 e. The summed E-state index contributed by atoms with van der Waals surface area (Å²) in [5.41, 5.74) is 0.525. The first-order chi connectivity index (χ1) is 8.65. The van der Waals surface area contributed by atoms with Crippen LogP contribution in [-0.2, 0) is 6.42 Å². The van der Waals surface area contributed by atoms with Gasteiger partial charge in [0, 0.05) is 23.5 Å². The normalized spacial score (nSPS) is 12.1. The largest absolute Gasteiger partial charge is 0.349 e. The topological polar surface area (TPSA) is 42.0 Å². The molecular weight excluding hydrogens is 268 g/mol. The number of carbonyl (C=O) groups is 1. The first-order valence-corrected chi connectivity index (χ1v) is 6.85. The van der Waals surface area contributed by atoms with E-state index >= 15 is 0 Å². The lowest BCUT2D eigenvalue weighted by Gasteiger charge is -2.12. The zero-order chi connectivity index (χ0) is 13.0. The van der Waals surface area contributed by atoms with Gasteiger partial charge in [-0.3, -0.25) is 4.79 Å². The van der Waals surface area contributed by atoms with Crippen molar-refractivity contribution in [2.75, 3.05) is 0 Å².